The highest BCUT2D eigenvalue weighted by atomic mass is 16.1. The molecule has 6 nitrogen and oxygen atoms in total. The van der Waals surface area contributed by atoms with Crippen molar-refractivity contribution in [1.82, 2.24) is 25.3 Å². The first-order chi connectivity index (χ1) is 11.6. The minimum atomic E-state index is -0.0839. The molecule has 1 fully saturated rings. The number of aromatic amines is 1. The molecular weight excluding hydrogens is 302 g/mol. The molecule has 0 saturated heterocycles. The van der Waals surface area contributed by atoms with Crippen LogP contribution in [-0.2, 0) is 7.05 Å². The summed E-state index contributed by atoms with van der Waals surface area (Å²) in [6.07, 6.45) is 7.76. The standard InChI is InChI=1S/C18H27N5O/c1-12-17(13(2)23(3)22-12)15-11-16(21-20-15)18(24)19-10-6-9-14-7-4-5-8-14/h11,14H,4-10H2,1-3H3,(H,19,24)(H,20,21). The first kappa shape index (κ1) is 16.7. The monoisotopic (exact) mass is 329 g/mol. The van der Waals surface area contributed by atoms with Gasteiger partial charge >= 0.3 is 0 Å². The molecular formula is C18H27N5O. The van der Waals surface area contributed by atoms with Crippen LogP contribution in [0.5, 0.6) is 0 Å². The fourth-order valence-corrected chi connectivity index (χ4v) is 3.70. The van der Waals surface area contributed by atoms with Gasteiger partial charge in [0, 0.05) is 24.8 Å². The molecule has 2 aromatic rings. The lowest BCUT2D eigenvalue weighted by Gasteiger charge is -2.08. The average Bonchev–Trinajstić information content (AvgIpc) is 3.26. The number of carbonyl (C=O) groups excluding carboxylic acids is 1. The average molecular weight is 329 g/mol. The number of nitrogens with zero attached hydrogens (tertiary/aromatic N) is 3. The van der Waals surface area contributed by atoms with Gasteiger partial charge < -0.3 is 5.32 Å². The van der Waals surface area contributed by atoms with Crippen molar-refractivity contribution in [3.8, 4) is 11.3 Å². The van der Waals surface area contributed by atoms with Crippen molar-refractivity contribution in [3.05, 3.63) is 23.1 Å². The zero-order valence-corrected chi connectivity index (χ0v) is 14.9. The predicted molar refractivity (Wildman–Crippen MR) is 93.8 cm³/mol. The molecule has 2 heterocycles. The van der Waals surface area contributed by atoms with E-state index in [9.17, 15) is 4.79 Å². The molecule has 2 aromatic heterocycles. The van der Waals surface area contributed by atoms with Crippen LogP contribution in [0.2, 0.25) is 0 Å². The molecule has 130 valence electrons. The van der Waals surface area contributed by atoms with Crippen molar-refractivity contribution < 1.29 is 4.79 Å². The van der Waals surface area contributed by atoms with Crippen LogP contribution in [0.25, 0.3) is 11.3 Å². The summed E-state index contributed by atoms with van der Waals surface area (Å²) >= 11 is 0. The van der Waals surface area contributed by atoms with Gasteiger partial charge in [-0.2, -0.15) is 10.2 Å². The Morgan fingerprint density at radius 2 is 2.12 bits per heavy atom. The Hall–Kier alpha value is -2.11. The van der Waals surface area contributed by atoms with Gasteiger partial charge in [0.1, 0.15) is 5.69 Å². The summed E-state index contributed by atoms with van der Waals surface area (Å²) in [7, 11) is 1.91. The number of amides is 1. The van der Waals surface area contributed by atoms with Crippen LogP contribution in [0, 0.1) is 19.8 Å². The summed E-state index contributed by atoms with van der Waals surface area (Å²) in [6.45, 7) is 4.70. The summed E-state index contributed by atoms with van der Waals surface area (Å²) < 4.78 is 1.84. The Morgan fingerprint density at radius 3 is 2.79 bits per heavy atom. The van der Waals surface area contributed by atoms with Crippen LogP contribution in [0.15, 0.2) is 6.07 Å². The maximum absolute atomic E-state index is 12.3. The molecule has 1 saturated carbocycles. The minimum Gasteiger partial charge on any atom is -0.351 e. The topological polar surface area (TPSA) is 75.6 Å². The predicted octanol–water partition coefficient (Wildman–Crippen LogP) is 3.13. The maximum atomic E-state index is 12.3. The molecule has 1 aliphatic rings. The van der Waals surface area contributed by atoms with E-state index < -0.39 is 0 Å². The van der Waals surface area contributed by atoms with Crippen molar-refractivity contribution in [2.75, 3.05) is 6.54 Å². The van der Waals surface area contributed by atoms with E-state index in [-0.39, 0.29) is 5.91 Å². The van der Waals surface area contributed by atoms with Crippen LogP contribution in [-0.4, -0.2) is 32.4 Å². The van der Waals surface area contributed by atoms with Gasteiger partial charge in [-0.1, -0.05) is 25.7 Å². The van der Waals surface area contributed by atoms with Crippen LogP contribution in [0.4, 0.5) is 0 Å². The van der Waals surface area contributed by atoms with Crippen molar-refractivity contribution in [3.63, 3.8) is 0 Å². The van der Waals surface area contributed by atoms with Gasteiger partial charge in [0.15, 0.2) is 0 Å². The number of H-pyrrole nitrogens is 1. The molecule has 0 aromatic carbocycles. The molecule has 0 aliphatic heterocycles. The van der Waals surface area contributed by atoms with E-state index in [1.807, 2.05) is 31.6 Å². The SMILES string of the molecule is Cc1nn(C)c(C)c1-c1cc(C(=O)NCCCC2CCCC2)[nH]n1. The summed E-state index contributed by atoms with van der Waals surface area (Å²) in [5, 5.41) is 14.5. The molecule has 0 bridgehead atoms. The Labute approximate surface area is 143 Å². The molecule has 0 unspecified atom stereocenters. The van der Waals surface area contributed by atoms with Gasteiger partial charge in [-0.3, -0.25) is 14.6 Å². The number of hydrogen-bond acceptors (Lipinski definition) is 3. The minimum absolute atomic E-state index is 0.0839. The smallest absolute Gasteiger partial charge is 0.269 e. The normalized spacial score (nSPS) is 15.1. The van der Waals surface area contributed by atoms with Crippen molar-refractivity contribution >= 4 is 5.91 Å². The van der Waals surface area contributed by atoms with Gasteiger partial charge in [0.05, 0.1) is 11.4 Å². The highest BCUT2D eigenvalue weighted by Gasteiger charge is 2.17. The third-order valence-electron chi connectivity index (χ3n) is 5.14. The van der Waals surface area contributed by atoms with Crippen LogP contribution in [0.1, 0.15) is 60.4 Å². The molecule has 0 atom stereocenters. The summed E-state index contributed by atoms with van der Waals surface area (Å²) in [5.41, 5.74) is 4.24. The second-order valence-electron chi connectivity index (χ2n) is 6.88. The fraction of sp³-hybridized carbons (Fsp3) is 0.611. The Kier molecular flexibility index (Phi) is 5.02. The lowest BCUT2D eigenvalue weighted by atomic mass is 10.0. The molecule has 1 amide bonds. The lowest BCUT2D eigenvalue weighted by Crippen LogP contribution is -2.25. The first-order valence-electron chi connectivity index (χ1n) is 8.90. The molecule has 1 aliphatic carbocycles. The molecule has 3 rings (SSSR count). The Bertz CT molecular complexity index is 709. The molecule has 6 heteroatoms. The van der Waals surface area contributed by atoms with E-state index in [0.29, 0.717) is 5.69 Å². The summed E-state index contributed by atoms with van der Waals surface area (Å²) in [4.78, 5) is 12.3. The molecule has 0 radical (unpaired) electrons. The van der Waals surface area contributed by atoms with Crippen molar-refractivity contribution in [2.24, 2.45) is 13.0 Å². The second-order valence-corrected chi connectivity index (χ2v) is 6.88. The van der Waals surface area contributed by atoms with Gasteiger partial charge in [-0.25, -0.2) is 0 Å². The third kappa shape index (κ3) is 3.52. The lowest BCUT2D eigenvalue weighted by molar-refractivity contribution is 0.0947. The molecule has 2 N–H and O–H groups in total. The van der Waals surface area contributed by atoms with Gasteiger partial charge in [0.25, 0.3) is 5.91 Å². The van der Waals surface area contributed by atoms with E-state index in [1.54, 1.807) is 0 Å². The van der Waals surface area contributed by atoms with E-state index in [1.165, 1.54) is 32.1 Å². The van der Waals surface area contributed by atoms with Gasteiger partial charge in [-0.15, -0.1) is 0 Å². The number of aryl methyl sites for hydroxylation is 2. The first-order valence-corrected chi connectivity index (χ1v) is 8.90. The maximum Gasteiger partial charge on any atom is 0.269 e. The number of carbonyl (C=O) groups is 1. The number of rotatable bonds is 6. The Morgan fingerprint density at radius 1 is 1.38 bits per heavy atom. The molecule has 0 spiro atoms. The van der Waals surface area contributed by atoms with Crippen LogP contribution >= 0.6 is 0 Å². The van der Waals surface area contributed by atoms with Crippen LogP contribution < -0.4 is 5.32 Å². The highest BCUT2D eigenvalue weighted by molar-refractivity contribution is 5.93. The van der Waals surface area contributed by atoms with E-state index >= 15 is 0 Å². The second kappa shape index (κ2) is 7.20. The van der Waals surface area contributed by atoms with Crippen molar-refractivity contribution in [1.29, 1.82) is 0 Å². The van der Waals surface area contributed by atoms with Gasteiger partial charge in [-0.05, 0) is 38.7 Å². The number of nitrogens with one attached hydrogen (secondary N) is 2. The fourth-order valence-electron chi connectivity index (χ4n) is 3.70. The van der Waals surface area contributed by atoms with E-state index in [2.05, 4.69) is 20.6 Å². The number of aromatic nitrogens is 4. The van der Waals surface area contributed by atoms with Crippen molar-refractivity contribution in [2.45, 2.75) is 52.4 Å². The van der Waals surface area contributed by atoms with E-state index in [4.69, 9.17) is 0 Å². The van der Waals surface area contributed by atoms with Gasteiger partial charge in [0.2, 0.25) is 0 Å². The van der Waals surface area contributed by atoms with E-state index in [0.717, 1.165) is 41.5 Å². The summed E-state index contributed by atoms with van der Waals surface area (Å²) in [5.74, 6) is 0.788. The number of hydrogen-bond donors (Lipinski definition) is 2. The summed E-state index contributed by atoms with van der Waals surface area (Å²) in [6, 6.07) is 1.81. The zero-order valence-electron chi connectivity index (χ0n) is 14.9. The largest absolute Gasteiger partial charge is 0.351 e. The molecule has 24 heavy (non-hydrogen) atoms. The third-order valence-corrected chi connectivity index (χ3v) is 5.14. The Balaban J connectivity index is 1.55. The quantitative estimate of drug-likeness (QED) is 0.800. The highest BCUT2D eigenvalue weighted by Crippen LogP contribution is 2.28. The van der Waals surface area contributed by atoms with Crippen LogP contribution in [0.3, 0.4) is 0 Å². The zero-order chi connectivity index (χ0) is 17.1.